The molecule has 0 bridgehead atoms. The molecular formula is C19H16FN3O7. The predicted molar refractivity (Wildman–Crippen MR) is 100 cm³/mol. The molecule has 1 heterocycles. The van der Waals surface area contributed by atoms with E-state index in [-0.39, 0.29) is 28.6 Å². The lowest BCUT2D eigenvalue weighted by Crippen LogP contribution is -2.25. The van der Waals surface area contributed by atoms with E-state index >= 15 is 0 Å². The van der Waals surface area contributed by atoms with Crippen LogP contribution in [0.1, 0.15) is 31.2 Å². The third kappa shape index (κ3) is 4.04. The molecule has 0 unspecified atom stereocenters. The van der Waals surface area contributed by atoms with Gasteiger partial charge in [-0.15, -0.1) is 5.10 Å². The van der Waals surface area contributed by atoms with Crippen LogP contribution in [0.15, 0.2) is 41.5 Å². The molecule has 1 aliphatic heterocycles. The number of carbonyl (C=O) groups excluding carboxylic acids is 2. The Bertz CT molecular complexity index is 1050. The Morgan fingerprint density at radius 2 is 1.90 bits per heavy atom. The quantitative estimate of drug-likeness (QED) is 0.317. The largest absolute Gasteiger partial charge is 0.493 e. The molecule has 2 aromatic rings. The molecule has 1 aliphatic rings. The van der Waals surface area contributed by atoms with Crippen molar-refractivity contribution >= 4 is 23.5 Å². The molecule has 0 saturated heterocycles. The van der Waals surface area contributed by atoms with Gasteiger partial charge in [-0.25, -0.2) is 4.39 Å². The maximum Gasteiger partial charge on any atom is 0.308 e. The lowest BCUT2D eigenvalue weighted by Gasteiger charge is -2.19. The van der Waals surface area contributed by atoms with E-state index in [1.54, 1.807) is 0 Å². The average molecular weight is 417 g/mol. The van der Waals surface area contributed by atoms with Crippen LogP contribution in [-0.4, -0.2) is 34.8 Å². The van der Waals surface area contributed by atoms with Crippen LogP contribution < -0.4 is 9.47 Å². The summed E-state index contributed by atoms with van der Waals surface area (Å²) in [5, 5.41) is 16.4. The van der Waals surface area contributed by atoms with Crippen molar-refractivity contribution in [3.63, 3.8) is 0 Å². The van der Waals surface area contributed by atoms with Gasteiger partial charge in [0.25, 0.3) is 5.69 Å². The maximum atomic E-state index is 13.3. The normalized spacial score (nSPS) is 15.3. The number of non-ortho nitro benzene ring substituents is 1. The molecule has 30 heavy (non-hydrogen) atoms. The Balaban J connectivity index is 2.13. The smallest absolute Gasteiger partial charge is 0.308 e. The number of nitro benzene ring substituents is 1. The number of halogens is 1. The number of carbonyl (C=O) groups is 2. The summed E-state index contributed by atoms with van der Waals surface area (Å²) < 4.78 is 29.3. The number of ether oxygens (including phenoxy) is 3. The minimum Gasteiger partial charge on any atom is -0.493 e. The third-order valence-corrected chi connectivity index (χ3v) is 4.07. The second kappa shape index (κ2) is 8.15. The van der Waals surface area contributed by atoms with Gasteiger partial charge in [-0.05, 0) is 12.1 Å². The summed E-state index contributed by atoms with van der Waals surface area (Å²) in [6.07, 6.45) is -1.05. The Morgan fingerprint density at radius 3 is 2.43 bits per heavy atom. The van der Waals surface area contributed by atoms with Gasteiger partial charge in [0.15, 0.2) is 11.5 Å². The molecular weight excluding hydrogens is 401 g/mol. The second-order valence-corrected chi connectivity index (χ2v) is 6.17. The first-order valence-corrected chi connectivity index (χ1v) is 8.57. The van der Waals surface area contributed by atoms with Crippen molar-refractivity contribution in [2.24, 2.45) is 5.10 Å². The summed E-state index contributed by atoms with van der Waals surface area (Å²) in [6, 6.07) is 7.37. The van der Waals surface area contributed by atoms with Gasteiger partial charge < -0.3 is 14.2 Å². The number of methoxy groups -OCH3 is 1. The molecule has 0 spiro atoms. The molecule has 10 nitrogen and oxygen atoms in total. The van der Waals surface area contributed by atoms with E-state index in [9.17, 15) is 24.1 Å². The molecule has 0 saturated carbocycles. The van der Waals surface area contributed by atoms with Gasteiger partial charge in [0.05, 0.1) is 23.7 Å². The standard InChI is InChI=1S/C19H16FN3O7/c1-10(24)22-19(12-4-6-13(20)7-5-12)30-18(21-22)15-8-14(23(26)27)9-16(28-3)17(15)29-11(2)25/h4-9,19H,1-3H3/t19-/m0/s1. The summed E-state index contributed by atoms with van der Waals surface area (Å²) in [5.41, 5.74) is -0.0208. The SMILES string of the molecule is COc1cc([N+](=O)[O-])cc(C2=NN(C(C)=O)[C@H](c3ccc(F)cc3)O2)c1OC(C)=O. The second-order valence-electron chi connectivity index (χ2n) is 6.17. The number of amides is 1. The maximum absolute atomic E-state index is 13.3. The van der Waals surface area contributed by atoms with Crippen LogP contribution >= 0.6 is 0 Å². The molecule has 3 rings (SSSR count). The molecule has 0 aliphatic carbocycles. The van der Waals surface area contributed by atoms with E-state index in [0.29, 0.717) is 5.56 Å². The Hall–Kier alpha value is -4.02. The highest BCUT2D eigenvalue weighted by Crippen LogP contribution is 2.39. The molecule has 156 valence electrons. The zero-order valence-corrected chi connectivity index (χ0v) is 16.1. The van der Waals surface area contributed by atoms with Gasteiger partial charge in [0.1, 0.15) is 5.82 Å². The highest BCUT2D eigenvalue weighted by Gasteiger charge is 2.36. The number of nitrogens with zero attached hydrogens (tertiary/aromatic N) is 3. The van der Waals surface area contributed by atoms with Crippen LogP contribution in [0.3, 0.4) is 0 Å². The van der Waals surface area contributed by atoms with Crippen molar-refractivity contribution in [3.8, 4) is 11.5 Å². The number of esters is 1. The van der Waals surface area contributed by atoms with Crippen LogP contribution in [0.5, 0.6) is 11.5 Å². The minimum absolute atomic E-state index is 0.0629. The van der Waals surface area contributed by atoms with Crippen molar-refractivity contribution in [1.82, 2.24) is 5.01 Å². The fourth-order valence-corrected chi connectivity index (χ4v) is 2.77. The van der Waals surface area contributed by atoms with Gasteiger partial charge in [-0.2, -0.15) is 5.01 Å². The van der Waals surface area contributed by atoms with Crippen molar-refractivity contribution in [2.75, 3.05) is 7.11 Å². The van der Waals surface area contributed by atoms with Crippen LogP contribution in [-0.2, 0) is 14.3 Å². The number of rotatable bonds is 5. The summed E-state index contributed by atoms with van der Waals surface area (Å²) >= 11 is 0. The Morgan fingerprint density at radius 1 is 1.23 bits per heavy atom. The van der Waals surface area contributed by atoms with E-state index in [4.69, 9.17) is 14.2 Å². The molecule has 2 aromatic carbocycles. The van der Waals surface area contributed by atoms with Gasteiger partial charge in [0.2, 0.25) is 18.0 Å². The molecule has 1 amide bonds. The monoisotopic (exact) mass is 417 g/mol. The van der Waals surface area contributed by atoms with Crippen LogP contribution in [0.4, 0.5) is 10.1 Å². The van der Waals surface area contributed by atoms with E-state index in [1.165, 1.54) is 38.3 Å². The molecule has 0 radical (unpaired) electrons. The first-order valence-electron chi connectivity index (χ1n) is 8.57. The van der Waals surface area contributed by atoms with Crippen molar-refractivity contribution < 1.29 is 33.1 Å². The number of hydrogen-bond donors (Lipinski definition) is 0. The fraction of sp³-hybridized carbons (Fsp3) is 0.211. The van der Waals surface area contributed by atoms with Crippen molar-refractivity contribution in [3.05, 3.63) is 63.5 Å². The van der Waals surface area contributed by atoms with E-state index in [2.05, 4.69) is 5.10 Å². The van der Waals surface area contributed by atoms with Crippen molar-refractivity contribution in [2.45, 2.75) is 20.1 Å². The number of hydrogen-bond acceptors (Lipinski definition) is 8. The lowest BCUT2D eigenvalue weighted by molar-refractivity contribution is -0.385. The van der Waals surface area contributed by atoms with E-state index in [1.807, 2.05) is 0 Å². The highest BCUT2D eigenvalue weighted by molar-refractivity contribution is 6.01. The zero-order valence-electron chi connectivity index (χ0n) is 16.1. The fourth-order valence-electron chi connectivity index (χ4n) is 2.77. The van der Waals surface area contributed by atoms with Gasteiger partial charge >= 0.3 is 5.97 Å². The summed E-state index contributed by atoms with van der Waals surface area (Å²) in [5.74, 6) is -2.14. The predicted octanol–water partition coefficient (Wildman–Crippen LogP) is 2.91. The molecule has 0 fully saturated rings. The number of hydrazone groups is 1. The average Bonchev–Trinajstić information content (AvgIpc) is 3.13. The minimum atomic E-state index is -1.05. The van der Waals surface area contributed by atoms with E-state index in [0.717, 1.165) is 24.1 Å². The topological polar surface area (TPSA) is 121 Å². The number of nitro groups is 1. The number of benzene rings is 2. The third-order valence-electron chi connectivity index (χ3n) is 4.07. The summed E-state index contributed by atoms with van der Waals surface area (Å²) in [4.78, 5) is 34.3. The highest BCUT2D eigenvalue weighted by atomic mass is 19.1. The lowest BCUT2D eigenvalue weighted by atomic mass is 10.1. The Kier molecular flexibility index (Phi) is 5.63. The first kappa shape index (κ1) is 20.7. The van der Waals surface area contributed by atoms with Crippen LogP contribution in [0.25, 0.3) is 0 Å². The summed E-state index contributed by atoms with van der Waals surface area (Å²) in [6.45, 7) is 2.39. The summed E-state index contributed by atoms with van der Waals surface area (Å²) in [7, 11) is 1.25. The molecule has 11 heteroatoms. The first-order chi connectivity index (χ1) is 14.2. The van der Waals surface area contributed by atoms with Gasteiger partial charge in [-0.1, -0.05) is 12.1 Å². The molecule has 0 aromatic heterocycles. The molecule has 0 N–H and O–H groups in total. The molecule has 1 atom stereocenters. The zero-order chi connectivity index (χ0) is 22.0. The van der Waals surface area contributed by atoms with Gasteiger partial charge in [0, 0.05) is 25.5 Å². The Labute approximate surface area is 169 Å². The van der Waals surface area contributed by atoms with Crippen molar-refractivity contribution in [1.29, 1.82) is 0 Å². The van der Waals surface area contributed by atoms with Crippen LogP contribution in [0.2, 0.25) is 0 Å². The van der Waals surface area contributed by atoms with E-state index < -0.39 is 28.8 Å². The van der Waals surface area contributed by atoms with Gasteiger partial charge in [-0.3, -0.25) is 19.7 Å². The van der Waals surface area contributed by atoms with Crippen LogP contribution in [0, 0.1) is 15.9 Å².